The van der Waals surface area contributed by atoms with Gasteiger partial charge in [0.15, 0.2) is 5.69 Å². The topological polar surface area (TPSA) is 59.4 Å². The quantitative estimate of drug-likeness (QED) is 0.442. The largest absolute Gasteiger partial charge is 0.434 e. The van der Waals surface area contributed by atoms with Crippen LogP contribution in [0.5, 0.6) is 0 Å². The maximum Gasteiger partial charge on any atom is 0.434 e. The molecule has 2 fully saturated rings. The minimum atomic E-state index is -4.77. The molecule has 0 radical (unpaired) electrons. The Kier molecular flexibility index (Phi) is 7.79. The van der Waals surface area contributed by atoms with E-state index in [9.17, 15) is 18.0 Å². The van der Waals surface area contributed by atoms with Gasteiger partial charge in [0.1, 0.15) is 0 Å². The summed E-state index contributed by atoms with van der Waals surface area (Å²) in [6, 6.07) is 16.0. The van der Waals surface area contributed by atoms with Gasteiger partial charge in [0.2, 0.25) is 0 Å². The summed E-state index contributed by atoms with van der Waals surface area (Å²) in [5, 5.41) is 7.17. The lowest BCUT2D eigenvalue weighted by atomic mass is 9.74. The molecular formula is C28H30ClF3N4O2. The molecule has 1 aliphatic heterocycles. The van der Waals surface area contributed by atoms with Gasteiger partial charge in [0.05, 0.1) is 30.7 Å². The highest BCUT2D eigenvalue weighted by molar-refractivity contribution is 6.30. The first-order chi connectivity index (χ1) is 18.2. The Labute approximate surface area is 224 Å². The second-order valence-corrected chi connectivity index (χ2v) is 10.5. The first-order valence-electron chi connectivity index (χ1n) is 12.8. The number of carbonyl (C=O) groups is 1. The van der Waals surface area contributed by atoms with Gasteiger partial charge < -0.3 is 10.1 Å². The Morgan fingerprint density at radius 2 is 1.71 bits per heavy atom. The summed E-state index contributed by atoms with van der Waals surface area (Å²) in [5.74, 6) is -0.760. The van der Waals surface area contributed by atoms with Crippen LogP contribution >= 0.6 is 11.6 Å². The van der Waals surface area contributed by atoms with Crippen LogP contribution in [0.25, 0.3) is 5.69 Å². The number of carbonyl (C=O) groups excluding carboxylic acids is 1. The van der Waals surface area contributed by atoms with Gasteiger partial charge in [0, 0.05) is 29.7 Å². The summed E-state index contributed by atoms with van der Waals surface area (Å²) in [4.78, 5) is 15.6. The molecule has 0 atom stereocenters. The van der Waals surface area contributed by atoms with Crippen molar-refractivity contribution < 1.29 is 22.7 Å². The number of halogens is 4. The highest BCUT2D eigenvalue weighted by Crippen LogP contribution is 2.38. The van der Waals surface area contributed by atoms with Crippen LogP contribution in [0, 0.1) is 0 Å². The third-order valence-electron chi connectivity index (χ3n) is 7.66. The van der Waals surface area contributed by atoms with Gasteiger partial charge in [-0.2, -0.15) is 18.3 Å². The summed E-state index contributed by atoms with van der Waals surface area (Å²) >= 11 is 5.88. The molecule has 1 N–H and O–H groups in total. The standard InChI is InChI=1S/C28H30ClF3N4O2/c29-21-6-8-23(9-7-21)36-25(28(30,31)32)24(19-33-36)26(37)34-22-10-12-27(13-11-22,35-14-16-38-17-15-35)18-20-4-2-1-3-5-20/h1-9,19,22H,10-18H2,(H,34,37). The van der Waals surface area contributed by atoms with E-state index in [1.165, 1.54) is 29.8 Å². The van der Waals surface area contributed by atoms with E-state index in [1.807, 2.05) is 18.2 Å². The minimum absolute atomic E-state index is 0.0665. The van der Waals surface area contributed by atoms with Crippen LogP contribution in [0.1, 0.15) is 47.3 Å². The third-order valence-corrected chi connectivity index (χ3v) is 7.91. The number of hydrogen-bond acceptors (Lipinski definition) is 4. The van der Waals surface area contributed by atoms with Crippen LogP contribution in [-0.2, 0) is 17.3 Å². The van der Waals surface area contributed by atoms with Crippen LogP contribution in [0.3, 0.4) is 0 Å². The van der Waals surface area contributed by atoms with Crippen molar-refractivity contribution >= 4 is 17.5 Å². The molecule has 1 saturated carbocycles. The molecule has 2 heterocycles. The molecule has 0 unspecified atom stereocenters. The zero-order valence-corrected chi connectivity index (χ0v) is 21.6. The smallest absolute Gasteiger partial charge is 0.379 e. The average Bonchev–Trinajstić information content (AvgIpc) is 3.38. The molecule has 6 nitrogen and oxygen atoms in total. The van der Waals surface area contributed by atoms with E-state index in [4.69, 9.17) is 16.3 Å². The van der Waals surface area contributed by atoms with E-state index in [-0.39, 0.29) is 17.3 Å². The molecule has 3 aromatic rings. The van der Waals surface area contributed by atoms with E-state index in [1.54, 1.807) is 0 Å². The van der Waals surface area contributed by atoms with Crippen molar-refractivity contribution in [2.75, 3.05) is 26.3 Å². The fraction of sp³-hybridized carbons (Fsp3) is 0.429. The first kappa shape index (κ1) is 26.7. The summed E-state index contributed by atoms with van der Waals surface area (Å²) in [7, 11) is 0. The minimum Gasteiger partial charge on any atom is -0.379 e. The van der Waals surface area contributed by atoms with Gasteiger partial charge in [-0.25, -0.2) is 4.68 Å². The van der Waals surface area contributed by atoms with Gasteiger partial charge in [-0.1, -0.05) is 41.9 Å². The van der Waals surface area contributed by atoms with Gasteiger partial charge in [-0.15, -0.1) is 0 Å². The number of nitrogens with one attached hydrogen (secondary N) is 1. The summed E-state index contributed by atoms with van der Waals surface area (Å²) in [5.41, 5.74) is -0.217. The number of alkyl halides is 3. The maximum absolute atomic E-state index is 14.1. The zero-order chi connectivity index (χ0) is 26.8. The Hall–Kier alpha value is -2.88. The molecule has 5 rings (SSSR count). The molecular weight excluding hydrogens is 517 g/mol. The van der Waals surface area contributed by atoms with Gasteiger partial charge >= 0.3 is 6.18 Å². The number of amides is 1. The van der Waals surface area contributed by atoms with Crippen molar-refractivity contribution in [3.05, 3.63) is 82.6 Å². The second-order valence-electron chi connectivity index (χ2n) is 10.0. The fourth-order valence-corrected chi connectivity index (χ4v) is 5.87. The molecule has 1 aliphatic carbocycles. The fourth-order valence-electron chi connectivity index (χ4n) is 5.75. The van der Waals surface area contributed by atoms with E-state index in [0.717, 1.165) is 43.2 Å². The second kappa shape index (κ2) is 11.1. The number of rotatable bonds is 6. The number of morpholine rings is 1. The van der Waals surface area contributed by atoms with Gasteiger partial charge in [-0.05, 0) is 61.9 Å². The summed E-state index contributed by atoms with van der Waals surface area (Å²) in [6.07, 6.45) is 0.150. The average molecular weight is 547 g/mol. The van der Waals surface area contributed by atoms with Crippen LogP contribution in [0.4, 0.5) is 13.2 Å². The Bertz CT molecular complexity index is 1230. The molecule has 2 aromatic carbocycles. The molecule has 1 aromatic heterocycles. The summed E-state index contributed by atoms with van der Waals surface area (Å²) < 4.78 is 48.6. The molecule has 202 valence electrons. The van der Waals surface area contributed by atoms with Crippen LogP contribution < -0.4 is 5.32 Å². The lowest BCUT2D eigenvalue weighted by Crippen LogP contribution is -2.58. The number of ether oxygens (including phenoxy) is 1. The van der Waals surface area contributed by atoms with Crippen molar-refractivity contribution in [2.45, 2.75) is 49.9 Å². The molecule has 10 heteroatoms. The highest BCUT2D eigenvalue weighted by Gasteiger charge is 2.43. The predicted octanol–water partition coefficient (Wildman–Crippen LogP) is 5.53. The number of nitrogens with zero attached hydrogens (tertiary/aromatic N) is 3. The zero-order valence-electron chi connectivity index (χ0n) is 20.9. The van der Waals surface area contributed by atoms with E-state index < -0.39 is 23.3 Å². The van der Waals surface area contributed by atoms with Crippen molar-refractivity contribution in [1.82, 2.24) is 20.0 Å². The summed E-state index contributed by atoms with van der Waals surface area (Å²) in [6.45, 7) is 3.08. The SMILES string of the molecule is O=C(NC1CCC(Cc2ccccc2)(N2CCOCC2)CC1)c1cnn(-c2ccc(Cl)cc2)c1C(F)(F)F. The molecule has 38 heavy (non-hydrogen) atoms. The van der Waals surface area contributed by atoms with Crippen LogP contribution in [0.2, 0.25) is 5.02 Å². The maximum atomic E-state index is 14.1. The Balaban J connectivity index is 1.32. The van der Waals surface area contributed by atoms with Crippen molar-refractivity contribution in [3.8, 4) is 5.69 Å². The lowest BCUT2D eigenvalue weighted by Gasteiger charge is -2.49. The van der Waals surface area contributed by atoms with Crippen LogP contribution in [0.15, 0.2) is 60.8 Å². The van der Waals surface area contributed by atoms with Crippen molar-refractivity contribution in [3.63, 3.8) is 0 Å². The molecule has 2 aliphatic rings. The number of hydrogen-bond donors (Lipinski definition) is 1. The Morgan fingerprint density at radius 1 is 1.05 bits per heavy atom. The molecule has 0 bridgehead atoms. The van der Waals surface area contributed by atoms with Gasteiger partial charge in [-0.3, -0.25) is 9.69 Å². The lowest BCUT2D eigenvalue weighted by molar-refractivity contribution is -0.143. The monoisotopic (exact) mass is 546 g/mol. The van der Waals surface area contributed by atoms with E-state index >= 15 is 0 Å². The highest BCUT2D eigenvalue weighted by atomic mass is 35.5. The number of benzene rings is 2. The molecule has 1 amide bonds. The van der Waals surface area contributed by atoms with Gasteiger partial charge in [0.25, 0.3) is 5.91 Å². The van der Waals surface area contributed by atoms with E-state index in [0.29, 0.717) is 31.1 Å². The van der Waals surface area contributed by atoms with E-state index in [2.05, 4.69) is 27.4 Å². The number of aromatic nitrogens is 2. The van der Waals surface area contributed by atoms with Crippen LogP contribution in [-0.4, -0.2) is 58.5 Å². The van der Waals surface area contributed by atoms with Crippen molar-refractivity contribution in [1.29, 1.82) is 0 Å². The molecule has 1 saturated heterocycles. The molecule has 0 spiro atoms. The predicted molar refractivity (Wildman–Crippen MR) is 139 cm³/mol. The first-order valence-corrected chi connectivity index (χ1v) is 13.2. The Morgan fingerprint density at radius 3 is 2.34 bits per heavy atom. The van der Waals surface area contributed by atoms with Crippen molar-refractivity contribution in [2.24, 2.45) is 0 Å². The normalized spacial score (nSPS) is 22.8. The third kappa shape index (κ3) is 5.75.